The van der Waals surface area contributed by atoms with Gasteiger partial charge in [-0.3, -0.25) is 10.1 Å². The minimum atomic E-state index is -0.383. The number of hydrogen-bond acceptors (Lipinski definition) is 8. The summed E-state index contributed by atoms with van der Waals surface area (Å²) in [4.78, 5) is 22.5. The molecule has 0 spiro atoms. The average Bonchev–Trinajstić information content (AvgIpc) is 2.96. The summed E-state index contributed by atoms with van der Waals surface area (Å²) in [6.45, 7) is 8.59. The zero-order valence-corrected chi connectivity index (χ0v) is 18.1. The van der Waals surface area contributed by atoms with Gasteiger partial charge in [0.15, 0.2) is 11.5 Å². The summed E-state index contributed by atoms with van der Waals surface area (Å²) in [6.07, 6.45) is 4.53. The maximum Gasteiger partial charge on any atom is 0.353 e. The van der Waals surface area contributed by atoms with Gasteiger partial charge in [0.2, 0.25) is 11.6 Å². The van der Waals surface area contributed by atoms with Crippen molar-refractivity contribution in [3.8, 4) is 11.5 Å². The summed E-state index contributed by atoms with van der Waals surface area (Å²) in [5.41, 5.74) is 0.895. The maximum atomic E-state index is 12.1. The fraction of sp³-hybridized carbons (Fsp3) is 0.545. The van der Waals surface area contributed by atoms with Gasteiger partial charge >= 0.3 is 5.69 Å². The molecule has 1 aromatic heterocycles. The Morgan fingerprint density at radius 3 is 2.71 bits per heavy atom. The molecule has 5 rings (SSSR count). The van der Waals surface area contributed by atoms with E-state index in [1.54, 1.807) is 18.2 Å². The summed E-state index contributed by atoms with van der Waals surface area (Å²) in [7, 11) is 0. The molecule has 3 heterocycles. The molecule has 1 N–H and O–H groups in total. The number of fused-ring (bicyclic) bond motifs is 3. The minimum absolute atomic E-state index is 0.0913. The van der Waals surface area contributed by atoms with Crippen LogP contribution in [-0.2, 0) is 0 Å². The predicted molar refractivity (Wildman–Crippen MR) is 116 cm³/mol. The van der Waals surface area contributed by atoms with Crippen molar-refractivity contribution in [2.24, 2.45) is 10.8 Å². The third kappa shape index (κ3) is 3.62. The second-order valence-corrected chi connectivity index (χ2v) is 9.98. The van der Waals surface area contributed by atoms with Crippen LogP contribution in [0.15, 0.2) is 24.5 Å². The molecule has 1 aliphatic carbocycles. The van der Waals surface area contributed by atoms with E-state index in [1.807, 2.05) is 0 Å². The molecule has 1 saturated carbocycles. The van der Waals surface area contributed by atoms with E-state index in [-0.39, 0.29) is 33.3 Å². The van der Waals surface area contributed by atoms with Crippen LogP contribution in [-0.4, -0.2) is 40.7 Å². The van der Waals surface area contributed by atoms with Crippen LogP contribution in [0, 0.1) is 20.9 Å². The summed E-state index contributed by atoms with van der Waals surface area (Å²) < 4.78 is 11.2. The van der Waals surface area contributed by atoms with Gasteiger partial charge in [0.1, 0.15) is 19.5 Å². The number of anilines is 3. The van der Waals surface area contributed by atoms with E-state index >= 15 is 0 Å². The Balaban J connectivity index is 1.50. The first-order valence-electron chi connectivity index (χ1n) is 10.7. The van der Waals surface area contributed by atoms with Crippen LogP contribution in [0.5, 0.6) is 11.5 Å². The van der Waals surface area contributed by atoms with Gasteiger partial charge in [-0.2, -0.15) is 0 Å². The number of ether oxygens (including phenoxy) is 2. The Kier molecular flexibility index (Phi) is 4.46. The molecule has 31 heavy (non-hydrogen) atoms. The van der Waals surface area contributed by atoms with Crippen LogP contribution in [0.4, 0.5) is 23.0 Å². The monoisotopic (exact) mass is 425 g/mol. The van der Waals surface area contributed by atoms with Gasteiger partial charge in [-0.1, -0.05) is 20.8 Å². The number of hydrogen-bond donors (Lipinski definition) is 1. The number of nitrogens with zero attached hydrogens (tertiary/aromatic N) is 4. The van der Waals surface area contributed by atoms with Crippen LogP contribution < -0.4 is 19.7 Å². The number of nitrogens with one attached hydrogen (secondary N) is 1. The van der Waals surface area contributed by atoms with Gasteiger partial charge in [-0.15, -0.1) is 0 Å². The summed E-state index contributed by atoms with van der Waals surface area (Å²) in [6, 6.07) is 5.60. The van der Waals surface area contributed by atoms with Crippen LogP contribution in [0.1, 0.15) is 40.0 Å². The summed E-state index contributed by atoms with van der Waals surface area (Å²) in [5.74, 6) is 1.84. The Labute approximate surface area is 180 Å². The molecule has 9 heteroatoms. The fourth-order valence-corrected chi connectivity index (χ4v) is 5.80. The van der Waals surface area contributed by atoms with Crippen LogP contribution >= 0.6 is 0 Å². The van der Waals surface area contributed by atoms with Crippen molar-refractivity contribution in [1.82, 2.24) is 9.97 Å². The van der Waals surface area contributed by atoms with Crippen molar-refractivity contribution in [3.63, 3.8) is 0 Å². The highest BCUT2D eigenvalue weighted by atomic mass is 16.6. The second kappa shape index (κ2) is 6.96. The molecular formula is C22H27N5O4. The van der Waals surface area contributed by atoms with Crippen LogP contribution in [0.25, 0.3) is 0 Å². The SMILES string of the molecule is CC1(C)CC2CC(C)(CN2c2ncnc(Nc3ccc4c(c3)OCCO4)c2[N+](=O)[O-])C1. The topological polar surface area (TPSA) is 103 Å². The standard InChI is InChI=1S/C22H27N5O4/c1-21(2)9-15-10-22(3,11-21)12-26(15)20-18(27(28)29)19(23-13-24-20)25-14-4-5-16-17(8-14)31-7-6-30-16/h4-5,8,13,15H,6-7,9-12H2,1-3H3,(H,23,24,25). The number of benzene rings is 1. The van der Waals surface area contributed by atoms with Crippen LogP contribution in [0.2, 0.25) is 0 Å². The smallest absolute Gasteiger partial charge is 0.353 e. The quantitative estimate of drug-likeness (QED) is 0.571. The maximum absolute atomic E-state index is 12.1. The molecule has 0 radical (unpaired) electrons. The lowest BCUT2D eigenvalue weighted by Gasteiger charge is -2.39. The minimum Gasteiger partial charge on any atom is -0.486 e. The highest BCUT2D eigenvalue weighted by Gasteiger charge is 2.51. The highest BCUT2D eigenvalue weighted by molar-refractivity contribution is 5.75. The molecule has 164 valence electrons. The molecule has 1 aromatic carbocycles. The Morgan fingerprint density at radius 1 is 1.16 bits per heavy atom. The van der Waals surface area contributed by atoms with Gasteiger partial charge in [-0.25, -0.2) is 9.97 Å². The van der Waals surface area contributed by atoms with Gasteiger partial charge in [0.05, 0.1) is 4.92 Å². The second-order valence-electron chi connectivity index (χ2n) is 9.98. The van der Waals surface area contributed by atoms with Crippen molar-refractivity contribution in [2.75, 3.05) is 30.0 Å². The van der Waals surface area contributed by atoms with Crippen LogP contribution in [0.3, 0.4) is 0 Å². The molecule has 0 amide bonds. The lowest BCUT2D eigenvalue weighted by atomic mass is 9.65. The first-order valence-corrected chi connectivity index (χ1v) is 10.7. The summed E-state index contributed by atoms with van der Waals surface area (Å²) >= 11 is 0. The molecule has 2 atom stereocenters. The molecule has 2 unspecified atom stereocenters. The van der Waals surface area contributed by atoms with E-state index < -0.39 is 0 Å². The zero-order valence-electron chi connectivity index (χ0n) is 18.1. The molecule has 2 aliphatic heterocycles. The van der Waals surface area contributed by atoms with E-state index in [4.69, 9.17) is 9.47 Å². The molecule has 2 fully saturated rings. The Bertz CT molecular complexity index is 1040. The fourth-order valence-electron chi connectivity index (χ4n) is 5.80. The average molecular weight is 425 g/mol. The van der Waals surface area contributed by atoms with Crippen molar-refractivity contribution in [3.05, 3.63) is 34.6 Å². The summed E-state index contributed by atoms with van der Waals surface area (Å²) in [5, 5.41) is 15.2. The van der Waals surface area contributed by atoms with E-state index in [2.05, 4.69) is 41.0 Å². The molecular weight excluding hydrogens is 398 g/mol. The van der Waals surface area contributed by atoms with Crippen molar-refractivity contribution in [1.29, 1.82) is 0 Å². The molecule has 9 nitrogen and oxygen atoms in total. The molecule has 1 saturated heterocycles. The van der Waals surface area contributed by atoms with Gasteiger partial charge < -0.3 is 19.7 Å². The van der Waals surface area contributed by atoms with Gasteiger partial charge in [0, 0.05) is 24.3 Å². The largest absolute Gasteiger partial charge is 0.486 e. The normalized spacial score (nSPS) is 25.9. The molecule has 2 bridgehead atoms. The Morgan fingerprint density at radius 2 is 1.94 bits per heavy atom. The zero-order chi connectivity index (χ0) is 21.8. The van der Waals surface area contributed by atoms with Gasteiger partial charge in [0.25, 0.3) is 0 Å². The Hall–Kier alpha value is -3.10. The third-order valence-electron chi connectivity index (χ3n) is 6.48. The number of aromatic nitrogens is 2. The molecule has 3 aliphatic rings. The molecule has 2 aromatic rings. The lowest BCUT2D eigenvalue weighted by Crippen LogP contribution is -2.35. The van der Waals surface area contributed by atoms with E-state index in [1.165, 1.54) is 6.33 Å². The van der Waals surface area contributed by atoms with E-state index in [9.17, 15) is 10.1 Å². The number of rotatable bonds is 4. The first-order chi connectivity index (χ1) is 14.7. The highest BCUT2D eigenvalue weighted by Crippen LogP contribution is 2.54. The number of nitro groups is 1. The predicted octanol–water partition coefficient (Wildman–Crippen LogP) is 4.30. The van der Waals surface area contributed by atoms with Crippen molar-refractivity contribution >= 4 is 23.0 Å². The van der Waals surface area contributed by atoms with Crippen molar-refractivity contribution in [2.45, 2.75) is 46.1 Å². The van der Waals surface area contributed by atoms with Gasteiger partial charge in [-0.05, 0) is 42.2 Å². The van der Waals surface area contributed by atoms with E-state index in [0.29, 0.717) is 36.2 Å². The van der Waals surface area contributed by atoms with E-state index in [0.717, 1.165) is 25.8 Å². The lowest BCUT2D eigenvalue weighted by molar-refractivity contribution is -0.383. The van der Waals surface area contributed by atoms with Crippen molar-refractivity contribution < 1.29 is 14.4 Å². The first kappa shape index (κ1) is 19.8. The third-order valence-corrected chi connectivity index (χ3v) is 6.48.